The molecule has 0 aliphatic heterocycles. The molecule has 1 N–H and O–H groups in total. The van der Waals surface area contributed by atoms with Crippen LogP contribution in [0.15, 0.2) is 18.2 Å². The van der Waals surface area contributed by atoms with Crippen molar-refractivity contribution in [3.05, 3.63) is 29.6 Å². The van der Waals surface area contributed by atoms with Crippen LogP contribution < -0.4 is 10.1 Å². The summed E-state index contributed by atoms with van der Waals surface area (Å²) < 4.78 is 24.3. The molecule has 1 unspecified atom stereocenters. The minimum Gasteiger partial charge on any atom is -0.488 e. The van der Waals surface area contributed by atoms with Gasteiger partial charge in [0.05, 0.1) is 6.61 Å². The quantitative estimate of drug-likeness (QED) is 0.744. The van der Waals surface area contributed by atoms with Gasteiger partial charge in [-0.3, -0.25) is 0 Å². The molecule has 1 aromatic carbocycles. The maximum Gasteiger partial charge on any atom is 0.165 e. The van der Waals surface area contributed by atoms with Crippen molar-refractivity contribution < 1.29 is 13.9 Å². The third-order valence-electron chi connectivity index (χ3n) is 2.58. The van der Waals surface area contributed by atoms with Gasteiger partial charge in [-0.25, -0.2) is 4.39 Å². The maximum atomic E-state index is 13.7. The molecule has 0 heterocycles. The highest BCUT2D eigenvalue weighted by atomic mass is 19.1. The third kappa shape index (κ3) is 3.98. The molecule has 0 fully saturated rings. The molecular formula is C13H20FNO2. The van der Waals surface area contributed by atoms with Gasteiger partial charge in [-0.15, -0.1) is 0 Å². The topological polar surface area (TPSA) is 30.5 Å². The van der Waals surface area contributed by atoms with Crippen LogP contribution >= 0.6 is 0 Å². The summed E-state index contributed by atoms with van der Waals surface area (Å²) in [5.41, 5.74) is 0.823. The van der Waals surface area contributed by atoms with Crippen LogP contribution in [0.1, 0.15) is 25.5 Å². The zero-order chi connectivity index (χ0) is 12.7. The number of rotatable bonds is 7. The Morgan fingerprint density at radius 1 is 1.35 bits per heavy atom. The van der Waals surface area contributed by atoms with Crippen molar-refractivity contribution in [3.8, 4) is 5.75 Å². The molecule has 0 bridgehead atoms. The number of para-hydroxylation sites is 1. The lowest BCUT2D eigenvalue weighted by Crippen LogP contribution is -2.15. The van der Waals surface area contributed by atoms with Gasteiger partial charge < -0.3 is 14.8 Å². The normalized spacial score (nSPS) is 12.5. The van der Waals surface area contributed by atoms with Crippen molar-refractivity contribution in [2.45, 2.75) is 19.9 Å². The van der Waals surface area contributed by atoms with Crippen LogP contribution in [-0.4, -0.2) is 26.9 Å². The van der Waals surface area contributed by atoms with E-state index in [0.717, 1.165) is 5.56 Å². The molecule has 0 saturated heterocycles. The van der Waals surface area contributed by atoms with Gasteiger partial charge in [-0.2, -0.15) is 0 Å². The summed E-state index contributed by atoms with van der Waals surface area (Å²) in [7, 11) is 1.83. The van der Waals surface area contributed by atoms with Crippen LogP contribution in [0.25, 0.3) is 0 Å². The van der Waals surface area contributed by atoms with Gasteiger partial charge in [0.25, 0.3) is 0 Å². The van der Waals surface area contributed by atoms with E-state index in [2.05, 4.69) is 5.32 Å². The SMILES string of the molecule is CCOCCOc1c(F)cccc1C(C)NC. The van der Waals surface area contributed by atoms with Crippen molar-refractivity contribution in [1.29, 1.82) is 0 Å². The molecule has 0 amide bonds. The van der Waals surface area contributed by atoms with E-state index in [1.165, 1.54) is 6.07 Å². The number of hydrogen-bond acceptors (Lipinski definition) is 3. The lowest BCUT2D eigenvalue weighted by Gasteiger charge is -2.17. The first-order chi connectivity index (χ1) is 8.20. The summed E-state index contributed by atoms with van der Waals surface area (Å²) >= 11 is 0. The number of ether oxygens (including phenoxy) is 2. The van der Waals surface area contributed by atoms with E-state index in [1.807, 2.05) is 27.0 Å². The molecule has 0 spiro atoms. The van der Waals surface area contributed by atoms with Gasteiger partial charge >= 0.3 is 0 Å². The maximum absolute atomic E-state index is 13.7. The number of hydrogen-bond donors (Lipinski definition) is 1. The largest absolute Gasteiger partial charge is 0.488 e. The summed E-state index contributed by atoms with van der Waals surface area (Å²) in [6, 6.07) is 5.00. The average molecular weight is 241 g/mol. The molecule has 1 rings (SSSR count). The molecule has 4 heteroatoms. The van der Waals surface area contributed by atoms with Crippen molar-refractivity contribution in [2.75, 3.05) is 26.9 Å². The van der Waals surface area contributed by atoms with Crippen LogP contribution in [0.3, 0.4) is 0 Å². The molecule has 0 aromatic heterocycles. The fourth-order valence-corrected chi connectivity index (χ4v) is 1.52. The van der Waals surface area contributed by atoms with E-state index in [9.17, 15) is 4.39 Å². The minimum atomic E-state index is -0.332. The standard InChI is InChI=1S/C13H20FNO2/c1-4-16-8-9-17-13-11(10(2)15-3)6-5-7-12(13)14/h5-7,10,15H,4,8-9H2,1-3H3. The molecule has 17 heavy (non-hydrogen) atoms. The molecule has 96 valence electrons. The predicted octanol–water partition coefficient (Wildman–Crippen LogP) is 2.52. The van der Waals surface area contributed by atoms with E-state index in [0.29, 0.717) is 25.6 Å². The summed E-state index contributed by atoms with van der Waals surface area (Å²) in [4.78, 5) is 0. The Hall–Kier alpha value is -1.13. The van der Waals surface area contributed by atoms with E-state index >= 15 is 0 Å². The van der Waals surface area contributed by atoms with E-state index in [1.54, 1.807) is 6.07 Å². The highest BCUT2D eigenvalue weighted by Gasteiger charge is 2.14. The van der Waals surface area contributed by atoms with Crippen LogP contribution in [0.2, 0.25) is 0 Å². The molecule has 1 atom stereocenters. The summed E-state index contributed by atoms with van der Waals surface area (Å²) in [6.07, 6.45) is 0. The Morgan fingerprint density at radius 2 is 2.12 bits per heavy atom. The van der Waals surface area contributed by atoms with E-state index < -0.39 is 0 Å². The van der Waals surface area contributed by atoms with Crippen LogP contribution in [0.4, 0.5) is 4.39 Å². The smallest absolute Gasteiger partial charge is 0.165 e. The third-order valence-corrected chi connectivity index (χ3v) is 2.58. The second kappa shape index (κ2) is 7.25. The van der Waals surface area contributed by atoms with Gasteiger partial charge in [-0.1, -0.05) is 12.1 Å². The van der Waals surface area contributed by atoms with Crippen molar-refractivity contribution in [1.82, 2.24) is 5.32 Å². The van der Waals surface area contributed by atoms with Crippen LogP contribution in [0, 0.1) is 5.82 Å². The van der Waals surface area contributed by atoms with Crippen LogP contribution in [0.5, 0.6) is 5.75 Å². The molecule has 0 saturated carbocycles. The lowest BCUT2D eigenvalue weighted by atomic mass is 10.1. The average Bonchev–Trinajstić information content (AvgIpc) is 2.35. The highest BCUT2D eigenvalue weighted by Crippen LogP contribution is 2.27. The Balaban J connectivity index is 2.73. The first-order valence-corrected chi connectivity index (χ1v) is 5.86. The lowest BCUT2D eigenvalue weighted by molar-refractivity contribution is 0.108. The number of nitrogens with one attached hydrogen (secondary N) is 1. The first-order valence-electron chi connectivity index (χ1n) is 5.86. The summed E-state index contributed by atoms with van der Waals surface area (Å²) in [6.45, 7) is 5.35. The zero-order valence-electron chi connectivity index (χ0n) is 10.6. The second-order valence-electron chi connectivity index (χ2n) is 3.71. The first kappa shape index (κ1) is 13.9. The Morgan fingerprint density at radius 3 is 2.76 bits per heavy atom. The van der Waals surface area contributed by atoms with Crippen molar-refractivity contribution >= 4 is 0 Å². The van der Waals surface area contributed by atoms with Crippen LogP contribution in [-0.2, 0) is 4.74 Å². The monoisotopic (exact) mass is 241 g/mol. The summed E-state index contributed by atoms with van der Waals surface area (Å²) in [5, 5.41) is 3.07. The molecule has 0 radical (unpaired) electrons. The van der Waals surface area contributed by atoms with E-state index in [4.69, 9.17) is 9.47 Å². The Labute approximate surface area is 102 Å². The predicted molar refractivity (Wildman–Crippen MR) is 65.9 cm³/mol. The van der Waals surface area contributed by atoms with Gasteiger partial charge in [0.2, 0.25) is 0 Å². The Bertz CT molecular complexity index is 344. The fourth-order valence-electron chi connectivity index (χ4n) is 1.52. The molecule has 3 nitrogen and oxygen atoms in total. The zero-order valence-corrected chi connectivity index (χ0v) is 10.6. The van der Waals surface area contributed by atoms with Crippen molar-refractivity contribution in [3.63, 3.8) is 0 Å². The number of halogens is 1. The minimum absolute atomic E-state index is 0.0489. The summed E-state index contributed by atoms with van der Waals surface area (Å²) in [5.74, 6) is -0.0184. The fraction of sp³-hybridized carbons (Fsp3) is 0.538. The molecule has 0 aliphatic carbocycles. The number of benzene rings is 1. The van der Waals surface area contributed by atoms with Gasteiger partial charge in [0.15, 0.2) is 11.6 Å². The van der Waals surface area contributed by atoms with Gasteiger partial charge in [0.1, 0.15) is 6.61 Å². The van der Waals surface area contributed by atoms with Crippen molar-refractivity contribution in [2.24, 2.45) is 0 Å². The molecule has 0 aliphatic rings. The second-order valence-corrected chi connectivity index (χ2v) is 3.71. The molecule has 1 aromatic rings. The Kier molecular flexibility index (Phi) is 5.94. The van der Waals surface area contributed by atoms with Gasteiger partial charge in [-0.05, 0) is 27.0 Å². The van der Waals surface area contributed by atoms with Gasteiger partial charge in [0, 0.05) is 18.2 Å². The molecular weight excluding hydrogens is 221 g/mol. The highest BCUT2D eigenvalue weighted by molar-refractivity contribution is 5.37. The van der Waals surface area contributed by atoms with E-state index in [-0.39, 0.29) is 11.9 Å².